The van der Waals surface area contributed by atoms with Crippen molar-refractivity contribution < 1.29 is 19.5 Å². The standard InChI is InChI=1S/C15H16N2O4/c18-13(17-7-3-6-12(17)15(20)21)9-16-8-10-4-1-2-5-11(10)14(16)19/h1-2,4-5,12H,3,6-9H2,(H,20,21)/t12-/m0/s1. The smallest absolute Gasteiger partial charge is 0.326 e. The second kappa shape index (κ2) is 5.20. The second-order valence-electron chi connectivity index (χ2n) is 5.40. The predicted molar refractivity (Wildman–Crippen MR) is 73.6 cm³/mol. The lowest BCUT2D eigenvalue weighted by atomic mass is 10.1. The van der Waals surface area contributed by atoms with E-state index < -0.39 is 12.0 Å². The molecule has 0 spiro atoms. The normalized spacial score (nSPS) is 20.8. The van der Waals surface area contributed by atoms with E-state index in [9.17, 15) is 14.4 Å². The number of benzene rings is 1. The first-order valence-corrected chi connectivity index (χ1v) is 6.97. The van der Waals surface area contributed by atoms with Crippen LogP contribution in [-0.4, -0.2) is 51.8 Å². The number of hydrogen-bond donors (Lipinski definition) is 1. The zero-order valence-electron chi connectivity index (χ0n) is 11.5. The first kappa shape index (κ1) is 13.6. The van der Waals surface area contributed by atoms with E-state index >= 15 is 0 Å². The van der Waals surface area contributed by atoms with Crippen molar-refractivity contribution in [2.24, 2.45) is 0 Å². The van der Waals surface area contributed by atoms with Crippen LogP contribution in [0.5, 0.6) is 0 Å². The molecule has 0 radical (unpaired) electrons. The molecule has 2 amide bonds. The average molecular weight is 288 g/mol. The van der Waals surface area contributed by atoms with Crippen LogP contribution in [0.1, 0.15) is 28.8 Å². The highest BCUT2D eigenvalue weighted by Crippen LogP contribution is 2.23. The molecule has 0 saturated carbocycles. The van der Waals surface area contributed by atoms with Crippen LogP contribution in [0, 0.1) is 0 Å². The second-order valence-corrected chi connectivity index (χ2v) is 5.40. The van der Waals surface area contributed by atoms with Gasteiger partial charge in [-0.05, 0) is 24.5 Å². The van der Waals surface area contributed by atoms with Crippen molar-refractivity contribution in [1.29, 1.82) is 0 Å². The molecule has 1 N–H and O–H groups in total. The maximum atomic E-state index is 12.3. The zero-order chi connectivity index (χ0) is 15.0. The molecule has 2 heterocycles. The Morgan fingerprint density at radius 2 is 2.05 bits per heavy atom. The Kier molecular flexibility index (Phi) is 3.37. The molecule has 1 aromatic carbocycles. The molecule has 0 bridgehead atoms. The van der Waals surface area contributed by atoms with Crippen LogP contribution < -0.4 is 0 Å². The lowest BCUT2D eigenvalue weighted by molar-refractivity contribution is -0.148. The molecule has 3 rings (SSSR count). The zero-order valence-corrected chi connectivity index (χ0v) is 11.5. The molecular formula is C15H16N2O4. The predicted octanol–water partition coefficient (Wildman–Crippen LogP) is 0.718. The Morgan fingerprint density at radius 3 is 2.76 bits per heavy atom. The summed E-state index contributed by atoms with van der Waals surface area (Å²) in [5, 5.41) is 9.11. The van der Waals surface area contributed by atoms with Gasteiger partial charge >= 0.3 is 5.97 Å². The molecular weight excluding hydrogens is 272 g/mol. The molecule has 1 fully saturated rings. The number of carbonyl (C=O) groups is 3. The summed E-state index contributed by atoms with van der Waals surface area (Å²) in [6.07, 6.45) is 1.17. The van der Waals surface area contributed by atoms with E-state index in [1.54, 1.807) is 12.1 Å². The van der Waals surface area contributed by atoms with Gasteiger partial charge in [-0.1, -0.05) is 18.2 Å². The third kappa shape index (κ3) is 2.37. The largest absolute Gasteiger partial charge is 0.480 e. The van der Waals surface area contributed by atoms with Gasteiger partial charge in [0.25, 0.3) is 5.91 Å². The fraction of sp³-hybridized carbons (Fsp3) is 0.400. The third-order valence-corrected chi connectivity index (χ3v) is 4.08. The van der Waals surface area contributed by atoms with Crippen molar-refractivity contribution in [1.82, 2.24) is 9.80 Å². The van der Waals surface area contributed by atoms with Crippen molar-refractivity contribution in [3.63, 3.8) is 0 Å². The van der Waals surface area contributed by atoms with Crippen LogP contribution in [-0.2, 0) is 16.1 Å². The number of likely N-dealkylation sites (tertiary alicyclic amines) is 1. The minimum Gasteiger partial charge on any atom is -0.480 e. The van der Waals surface area contributed by atoms with Gasteiger partial charge in [-0.2, -0.15) is 0 Å². The van der Waals surface area contributed by atoms with Crippen molar-refractivity contribution in [3.05, 3.63) is 35.4 Å². The van der Waals surface area contributed by atoms with Crippen LogP contribution in [0.2, 0.25) is 0 Å². The number of carboxylic acids is 1. The number of hydrogen-bond acceptors (Lipinski definition) is 3. The van der Waals surface area contributed by atoms with Gasteiger partial charge in [0.1, 0.15) is 12.6 Å². The minimum absolute atomic E-state index is 0.0582. The van der Waals surface area contributed by atoms with E-state index in [-0.39, 0.29) is 18.4 Å². The molecule has 21 heavy (non-hydrogen) atoms. The topological polar surface area (TPSA) is 77.9 Å². The molecule has 6 heteroatoms. The molecule has 0 unspecified atom stereocenters. The van der Waals surface area contributed by atoms with E-state index in [1.165, 1.54) is 9.80 Å². The number of fused-ring (bicyclic) bond motifs is 1. The van der Waals surface area contributed by atoms with E-state index in [0.717, 1.165) is 5.56 Å². The first-order chi connectivity index (χ1) is 10.1. The van der Waals surface area contributed by atoms with Gasteiger partial charge < -0.3 is 14.9 Å². The summed E-state index contributed by atoms with van der Waals surface area (Å²) in [4.78, 5) is 38.5. The van der Waals surface area contributed by atoms with Gasteiger partial charge in [-0.3, -0.25) is 9.59 Å². The molecule has 6 nitrogen and oxygen atoms in total. The molecule has 0 aliphatic carbocycles. The summed E-state index contributed by atoms with van der Waals surface area (Å²) >= 11 is 0. The maximum absolute atomic E-state index is 12.3. The fourth-order valence-electron chi connectivity index (χ4n) is 3.02. The van der Waals surface area contributed by atoms with Gasteiger partial charge in [0.2, 0.25) is 5.91 Å². The Bertz CT molecular complexity index is 613. The van der Waals surface area contributed by atoms with Gasteiger partial charge in [-0.25, -0.2) is 4.79 Å². The molecule has 1 atom stereocenters. The lowest BCUT2D eigenvalue weighted by Gasteiger charge is -2.24. The minimum atomic E-state index is -0.975. The Labute approximate surface area is 122 Å². The monoisotopic (exact) mass is 288 g/mol. The maximum Gasteiger partial charge on any atom is 0.326 e. The number of rotatable bonds is 3. The highest BCUT2D eigenvalue weighted by atomic mass is 16.4. The summed E-state index contributed by atoms with van der Waals surface area (Å²) < 4.78 is 0. The van der Waals surface area contributed by atoms with Crippen molar-refractivity contribution in [2.75, 3.05) is 13.1 Å². The van der Waals surface area contributed by atoms with E-state index in [2.05, 4.69) is 0 Å². The summed E-state index contributed by atoms with van der Waals surface area (Å²) in [5.74, 6) is -1.43. The molecule has 1 saturated heterocycles. The fourth-order valence-corrected chi connectivity index (χ4v) is 3.02. The van der Waals surface area contributed by atoms with Crippen molar-refractivity contribution in [3.8, 4) is 0 Å². The van der Waals surface area contributed by atoms with Gasteiger partial charge in [-0.15, -0.1) is 0 Å². The number of amides is 2. The Hall–Kier alpha value is -2.37. The van der Waals surface area contributed by atoms with Gasteiger partial charge in [0, 0.05) is 18.7 Å². The molecule has 2 aliphatic rings. The summed E-state index contributed by atoms with van der Waals surface area (Å²) in [5.41, 5.74) is 1.54. The van der Waals surface area contributed by atoms with Gasteiger partial charge in [0.15, 0.2) is 0 Å². The van der Waals surface area contributed by atoms with E-state index in [4.69, 9.17) is 5.11 Å². The number of carbonyl (C=O) groups excluding carboxylic acids is 2. The van der Waals surface area contributed by atoms with Crippen LogP contribution in [0.4, 0.5) is 0 Å². The Morgan fingerprint density at radius 1 is 1.29 bits per heavy atom. The highest BCUT2D eigenvalue weighted by molar-refractivity contribution is 6.00. The molecule has 0 aromatic heterocycles. The van der Waals surface area contributed by atoms with E-state index in [0.29, 0.717) is 31.5 Å². The molecule has 1 aromatic rings. The van der Waals surface area contributed by atoms with Crippen LogP contribution in [0.15, 0.2) is 24.3 Å². The lowest BCUT2D eigenvalue weighted by Crippen LogP contribution is -2.45. The van der Waals surface area contributed by atoms with Crippen LogP contribution in [0.25, 0.3) is 0 Å². The SMILES string of the molecule is O=C(O)[C@@H]1CCCN1C(=O)CN1Cc2ccccc2C1=O. The first-order valence-electron chi connectivity index (χ1n) is 6.97. The van der Waals surface area contributed by atoms with Crippen molar-refractivity contribution in [2.45, 2.75) is 25.4 Å². The highest BCUT2D eigenvalue weighted by Gasteiger charge is 2.36. The molecule has 2 aliphatic heterocycles. The van der Waals surface area contributed by atoms with Crippen LogP contribution >= 0.6 is 0 Å². The van der Waals surface area contributed by atoms with E-state index in [1.807, 2.05) is 12.1 Å². The average Bonchev–Trinajstić information content (AvgIpc) is 3.05. The summed E-state index contributed by atoms with van der Waals surface area (Å²) in [6, 6.07) is 6.52. The number of aliphatic carboxylic acids is 1. The number of nitrogens with zero attached hydrogens (tertiary/aromatic N) is 2. The summed E-state index contributed by atoms with van der Waals surface area (Å²) in [6.45, 7) is 0.800. The Balaban J connectivity index is 1.70. The van der Waals surface area contributed by atoms with Crippen molar-refractivity contribution >= 4 is 17.8 Å². The number of carboxylic acid groups (broad SMARTS) is 1. The van der Waals surface area contributed by atoms with Crippen LogP contribution in [0.3, 0.4) is 0 Å². The third-order valence-electron chi connectivity index (χ3n) is 4.08. The van der Waals surface area contributed by atoms with Gasteiger partial charge in [0.05, 0.1) is 0 Å². The molecule has 110 valence electrons. The quantitative estimate of drug-likeness (QED) is 0.889. The summed E-state index contributed by atoms with van der Waals surface area (Å²) in [7, 11) is 0.